The summed E-state index contributed by atoms with van der Waals surface area (Å²) in [4.78, 5) is -0.546. The van der Waals surface area contributed by atoms with E-state index in [1.807, 2.05) is 0 Å². The number of hydrogen-bond acceptors (Lipinski definition) is 4. The van der Waals surface area contributed by atoms with Crippen molar-refractivity contribution in [1.29, 1.82) is 0 Å². The summed E-state index contributed by atoms with van der Waals surface area (Å²) in [5.74, 6) is -0.620. The van der Waals surface area contributed by atoms with Gasteiger partial charge in [-0.15, -0.1) is 0 Å². The van der Waals surface area contributed by atoms with Gasteiger partial charge in [-0.05, 0) is 6.07 Å². The number of rotatable bonds is 1. The zero-order valence-electron chi connectivity index (χ0n) is 6.89. The van der Waals surface area contributed by atoms with Gasteiger partial charge in [0.25, 0.3) is 10.1 Å². The van der Waals surface area contributed by atoms with E-state index in [0.29, 0.717) is 0 Å². The number of benzene rings is 1. The second kappa shape index (κ2) is 4.02. The Labute approximate surface area is 87.5 Å². The van der Waals surface area contributed by atoms with E-state index < -0.39 is 26.5 Å². The first-order chi connectivity index (χ1) is 5.43. The van der Waals surface area contributed by atoms with Gasteiger partial charge in [-0.3, -0.25) is 4.55 Å². The first-order valence-electron chi connectivity index (χ1n) is 2.96. The zero-order chi connectivity index (χ0) is 9.35. The molecule has 0 fully saturated rings. The van der Waals surface area contributed by atoms with E-state index in [2.05, 4.69) is 0 Å². The van der Waals surface area contributed by atoms with Gasteiger partial charge in [-0.1, -0.05) is 17.9 Å². The molecule has 66 valence electrons. The van der Waals surface area contributed by atoms with Gasteiger partial charge in [0.05, 0.1) is 0 Å². The minimum absolute atomic E-state index is 0. The van der Waals surface area contributed by atoms with Crippen LogP contribution in [0.15, 0.2) is 23.1 Å². The van der Waals surface area contributed by atoms with E-state index in [4.69, 9.17) is 10.3 Å². The third-order valence-corrected chi connectivity index (χ3v) is 2.22. The van der Waals surface area contributed by atoms with E-state index in [1.54, 1.807) is 0 Å². The Morgan fingerprint density at radius 2 is 1.92 bits per heavy atom. The Bertz CT molecular complexity index is 403. The van der Waals surface area contributed by atoms with Crippen molar-refractivity contribution in [1.82, 2.24) is 0 Å². The molecule has 0 spiro atoms. The Morgan fingerprint density at radius 3 is 2.31 bits per heavy atom. The van der Waals surface area contributed by atoms with Crippen LogP contribution in [0, 0.1) is 0 Å². The second-order valence-electron chi connectivity index (χ2n) is 2.14. The van der Waals surface area contributed by atoms with Crippen LogP contribution in [0.25, 0.3) is 0 Å². The molecule has 0 saturated heterocycles. The van der Waals surface area contributed by atoms with Crippen LogP contribution in [0.1, 0.15) is 0 Å². The molecule has 3 N–H and O–H groups in total. The molecule has 0 aliphatic heterocycles. The summed E-state index contributed by atoms with van der Waals surface area (Å²) in [6, 6.07) is 3.39. The molecule has 0 saturated carbocycles. The predicted molar refractivity (Wildman–Crippen MR) is 40.1 cm³/mol. The molecule has 5 nitrogen and oxygen atoms in total. The summed E-state index contributed by atoms with van der Waals surface area (Å²) in [5, 5.41) is 10.8. The van der Waals surface area contributed by atoms with Crippen molar-refractivity contribution in [2.45, 2.75) is 4.90 Å². The summed E-state index contributed by atoms with van der Waals surface area (Å²) in [6.07, 6.45) is 0. The summed E-state index contributed by atoms with van der Waals surface area (Å²) in [6.45, 7) is 0. The van der Waals surface area contributed by atoms with E-state index in [-0.39, 0.29) is 18.9 Å². The maximum Gasteiger partial charge on any atom is 1.00 e. The van der Waals surface area contributed by atoms with Crippen LogP contribution in [-0.2, 0) is 10.1 Å². The minimum Gasteiger partial charge on any atom is -0.871 e. The molecule has 0 aliphatic carbocycles. The van der Waals surface area contributed by atoms with E-state index in [1.165, 1.54) is 6.07 Å². The van der Waals surface area contributed by atoms with Gasteiger partial charge in [0.15, 0.2) is 0 Å². The topological polar surface area (TPSA) is 103 Å². The van der Waals surface area contributed by atoms with Gasteiger partial charge in [0.1, 0.15) is 4.90 Å². The number of nitrogens with two attached hydrogens (primary N) is 1. The SMILES string of the molecule is Nc1c([O-])cccc1S(=O)(=O)O.[Li+]. The fraction of sp³-hybridized carbons (Fsp3) is 0. The Balaban J connectivity index is 0.00000144. The van der Waals surface area contributed by atoms with Crippen LogP contribution in [0.5, 0.6) is 5.75 Å². The van der Waals surface area contributed by atoms with Gasteiger partial charge in [-0.25, -0.2) is 0 Å². The molecule has 0 atom stereocenters. The molecule has 0 amide bonds. The van der Waals surface area contributed by atoms with Crippen LogP contribution in [0.3, 0.4) is 0 Å². The molecular weight excluding hydrogens is 189 g/mol. The third-order valence-electron chi connectivity index (χ3n) is 1.30. The minimum atomic E-state index is -4.38. The number of nitrogen functional groups attached to an aromatic ring is 1. The van der Waals surface area contributed by atoms with E-state index in [9.17, 15) is 13.5 Å². The quantitative estimate of drug-likeness (QED) is 0.276. The van der Waals surface area contributed by atoms with Crippen LogP contribution in [0.2, 0.25) is 0 Å². The van der Waals surface area contributed by atoms with Crippen molar-refractivity contribution in [2.75, 3.05) is 5.73 Å². The molecule has 0 radical (unpaired) electrons. The van der Waals surface area contributed by atoms with Crippen molar-refractivity contribution in [3.05, 3.63) is 18.2 Å². The fourth-order valence-corrected chi connectivity index (χ4v) is 1.38. The van der Waals surface area contributed by atoms with Gasteiger partial charge in [-0.2, -0.15) is 8.42 Å². The Morgan fingerprint density at radius 1 is 1.38 bits per heavy atom. The molecule has 0 heterocycles. The molecule has 0 aliphatic rings. The third kappa shape index (κ3) is 2.64. The van der Waals surface area contributed by atoms with E-state index in [0.717, 1.165) is 12.1 Å². The molecule has 7 heteroatoms. The molecule has 1 aromatic rings. The largest absolute Gasteiger partial charge is 1.00 e. The first kappa shape index (κ1) is 12.3. The van der Waals surface area contributed by atoms with Crippen molar-refractivity contribution < 1.29 is 36.9 Å². The van der Waals surface area contributed by atoms with Crippen molar-refractivity contribution in [3.8, 4) is 5.75 Å². The first-order valence-corrected chi connectivity index (χ1v) is 4.40. The average Bonchev–Trinajstić information content (AvgIpc) is 1.92. The summed E-state index contributed by atoms with van der Waals surface area (Å²) < 4.78 is 29.6. The van der Waals surface area contributed by atoms with Gasteiger partial charge >= 0.3 is 18.9 Å². The second-order valence-corrected chi connectivity index (χ2v) is 3.53. The normalized spacial score (nSPS) is 10.5. The molecule has 0 unspecified atom stereocenters. The summed E-state index contributed by atoms with van der Waals surface area (Å²) in [5.41, 5.74) is 4.66. The van der Waals surface area contributed by atoms with Gasteiger partial charge < -0.3 is 10.8 Å². The smallest absolute Gasteiger partial charge is 0.871 e. The molecule has 0 aromatic heterocycles. The van der Waals surface area contributed by atoms with Crippen molar-refractivity contribution in [3.63, 3.8) is 0 Å². The molecular formula is C6H6LiNO4S. The van der Waals surface area contributed by atoms with Crippen LogP contribution in [0.4, 0.5) is 5.69 Å². The maximum atomic E-state index is 10.8. The number of para-hydroxylation sites is 1. The monoisotopic (exact) mass is 195 g/mol. The van der Waals surface area contributed by atoms with Crippen LogP contribution >= 0.6 is 0 Å². The van der Waals surface area contributed by atoms with Crippen molar-refractivity contribution in [2.24, 2.45) is 0 Å². The molecule has 1 aromatic carbocycles. The fourth-order valence-electron chi connectivity index (χ4n) is 0.749. The average molecular weight is 195 g/mol. The van der Waals surface area contributed by atoms with Crippen molar-refractivity contribution >= 4 is 15.8 Å². The number of anilines is 1. The van der Waals surface area contributed by atoms with E-state index >= 15 is 0 Å². The maximum absolute atomic E-state index is 10.8. The molecule has 1 rings (SSSR count). The standard InChI is InChI=1S/C6H7NO4S.Li/c7-6-4(8)2-1-3-5(6)12(9,10)11;/h1-3,8H,7H2,(H,9,10,11);/q;+1/p-1. The van der Waals surface area contributed by atoms with Crippen LogP contribution < -0.4 is 29.7 Å². The Hall–Kier alpha value is -0.673. The van der Waals surface area contributed by atoms with Gasteiger partial charge in [0, 0.05) is 5.69 Å². The molecule has 0 bridgehead atoms. The number of hydrogen-bond donors (Lipinski definition) is 2. The van der Waals surface area contributed by atoms with Crippen LogP contribution in [-0.4, -0.2) is 13.0 Å². The summed E-state index contributed by atoms with van der Waals surface area (Å²) >= 11 is 0. The predicted octanol–water partition coefficient (Wildman–Crippen LogP) is -3.41. The Kier molecular flexibility index (Phi) is 3.82. The summed E-state index contributed by atoms with van der Waals surface area (Å²) in [7, 11) is -4.38. The zero-order valence-corrected chi connectivity index (χ0v) is 7.71. The van der Waals surface area contributed by atoms with Gasteiger partial charge in [0.2, 0.25) is 0 Å². The molecule has 13 heavy (non-hydrogen) atoms.